The van der Waals surface area contributed by atoms with Gasteiger partial charge in [0.2, 0.25) is 5.91 Å². The SMILES string of the molecule is N#CC(=Cc1cn(CC(=O)NCC2CCCO2)c2ccccc12)C(=O)NCC1CCCO1. The number of hydrogen-bond donors (Lipinski definition) is 2. The number of fused-ring (bicyclic) bond motifs is 1. The number of rotatable bonds is 8. The molecule has 168 valence electrons. The second-order valence-electron chi connectivity index (χ2n) is 8.18. The van der Waals surface area contributed by atoms with Gasteiger partial charge in [0, 0.05) is 49.0 Å². The molecule has 2 N–H and O–H groups in total. The Hall–Kier alpha value is -3.15. The van der Waals surface area contributed by atoms with Gasteiger partial charge in [-0.3, -0.25) is 9.59 Å². The third-order valence-electron chi connectivity index (χ3n) is 5.86. The quantitative estimate of drug-likeness (QED) is 0.487. The van der Waals surface area contributed by atoms with Crippen molar-refractivity contribution in [3.05, 3.63) is 41.6 Å². The van der Waals surface area contributed by atoms with Crippen LogP contribution in [-0.4, -0.2) is 54.9 Å². The number of para-hydroxylation sites is 1. The number of benzene rings is 1. The van der Waals surface area contributed by atoms with Gasteiger partial charge in [-0.05, 0) is 37.8 Å². The fourth-order valence-corrected chi connectivity index (χ4v) is 4.18. The molecule has 4 rings (SSSR count). The molecule has 2 saturated heterocycles. The molecule has 0 spiro atoms. The molecule has 1 aromatic carbocycles. The summed E-state index contributed by atoms with van der Waals surface area (Å²) in [7, 11) is 0. The number of nitrogens with one attached hydrogen (secondary N) is 2. The van der Waals surface area contributed by atoms with Crippen molar-refractivity contribution in [3.63, 3.8) is 0 Å². The Balaban J connectivity index is 1.47. The normalized spacial score (nSPS) is 20.9. The van der Waals surface area contributed by atoms with E-state index in [1.165, 1.54) is 0 Å². The Kier molecular flexibility index (Phi) is 7.20. The van der Waals surface area contributed by atoms with Crippen molar-refractivity contribution in [1.82, 2.24) is 15.2 Å². The van der Waals surface area contributed by atoms with Crippen molar-refractivity contribution < 1.29 is 19.1 Å². The summed E-state index contributed by atoms with van der Waals surface area (Å²) in [5.41, 5.74) is 1.60. The summed E-state index contributed by atoms with van der Waals surface area (Å²) in [4.78, 5) is 25.0. The molecule has 8 heteroatoms. The molecule has 2 fully saturated rings. The van der Waals surface area contributed by atoms with Crippen molar-refractivity contribution in [2.75, 3.05) is 26.3 Å². The van der Waals surface area contributed by atoms with Crippen molar-refractivity contribution in [2.24, 2.45) is 0 Å². The fourth-order valence-electron chi connectivity index (χ4n) is 4.18. The summed E-state index contributed by atoms with van der Waals surface area (Å²) in [6, 6.07) is 9.63. The van der Waals surface area contributed by atoms with Crippen LogP contribution in [0.4, 0.5) is 0 Å². The number of carbonyl (C=O) groups excluding carboxylic acids is 2. The van der Waals surface area contributed by atoms with Crippen molar-refractivity contribution >= 4 is 28.8 Å². The minimum atomic E-state index is -0.422. The van der Waals surface area contributed by atoms with Gasteiger partial charge in [0.25, 0.3) is 5.91 Å². The molecule has 2 atom stereocenters. The predicted octanol–water partition coefficient (Wildman–Crippen LogP) is 2.14. The number of nitriles is 1. The van der Waals surface area contributed by atoms with E-state index < -0.39 is 5.91 Å². The standard InChI is InChI=1S/C24H28N4O4/c25-12-17(24(30)27-14-20-6-4-10-32-20)11-18-15-28(22-8-2-1-7-21(18)22)16-23(29)26-13-19-5-3-9-31-19/h1-2,7-8,11,15,19-20H,3-6,9-10,13-14,16H2,(H,26,29)(H,27,30). The monoisotopic (exact) mass is 436 g/mol. The lowest BCUT2D eigenvalue weighted by molar-refractivity contribution is -0.122. The van der Waals surface area contributed by atoms with Crippen LogP contribution in [0.25, 0.3) is 17.0 Å². The Morgan fingerprint density at radius 1 is 1.09 bits per heavy atom. The van der Waals surface area contributed by atoms with Gasteiger partial charge in [-0.15, -0.1) is 0 Å². The first-order valence-electron chi connectivity index (χ1n) is 11.1. The number of aromatic nitrogens is 1. The summed E-state index contributed by atoms with van der Waals surface area (Å²) >= 11 is 0. The molecule has 2 aliphatic heterocycles. The summed E-state index contributed by atoms with van der Waals surface area (Å²) < 4.78 is 12.9. The zero-order valence-electron chi connectivity index (χ0n) is 18.0. The van der Waals surface area contributed by atoms with E-state index in [2.05, 4.69) is 10.6 Å². The van der Waals surface area contributed by atoms with Gasteiger partial charge < -0.3 is 24.7 Å². The van der Waals surface area contributed by atoms with Gasteiger partial charge in [0.1, 0.15) is 18.2 Å². The van der Waals surface area contributed by atoms with Gasteiger partial charge in [0.15, 0.2) is 0 Å². The van der Waals surface area contributed by atoms with Crippen LogP contribution in [0.5, 0.6) is 0 Å². The highest BCUT2D eigenvalue weighted by atomic mass is 16.5. The molecule has 1 aromatic heterocycles. The van der Waals surface area contributed by atoms with Crippen LogP contribution in [0.15, 0.2) is 36.0 Å². The van der Waals surface area contributed by atoms with E-state index in [4.69, 9.17) is 9.47 Å². The van der Waals surface area contributed by atoms with Gasteiger partial charge in [-0.25, -0.2) is 0 Å². The Bertz CT molecular complexity index is 1040. The van der Waals surface area contributed by atoms with Crippen LogP contribution in [0.2, 0.25) is 0 Å². The third kappa shape index (κ3) is 5.36. The van der Waals surface area contributed by atoms with Crippen LogP contribution < -0.4 is 10.6 Å². The van der Waals surface area contributed by atoms with Crippen LogP contribution in [0.1, 0.15) is 31.2 Å². The first-order chi connectivity index (χ1) is 15.6. The maximum Gasteiger partial charge on any atom is 0.262 e. The molecule has 2 aromatic rings. The summed E-state index contributed by atoms with van der Waals surface area (Å²) in [6.45, 7) is 2.51. The van der Waals surface area contributed by atoms with Gasteiger partial charge in [-0.2, -0.15) is 5.26 Å². The third-order valence-corrected chi connectivity index (χ3v) is 5.86. The smallest absolute Gasteiger partial charge is 0.262 e. The van der Waals surface area contributed by atoms with E-state index in [9.17, 15) is 14.9 Å². The molecule has 0 bridgehead atoms. The topological polar surface area (TPSA) is 105 Å². The van der Waals surface area contributed by atoms with Crippen molar-refractivity contribution in [3.8, 4) is 6.07 Å². The summed E-state index contributed by atoms with van der Waals surface area (Å²) in [6.07, 6.45) is 7.37. The first-order valence-corrected chi connectivity index (χ1v) is 11.1. The minimum absolute atomic E-state index is 0.00829. The second kappa shape index (κ2) is 10.4. The van der Waals surface area contributed by atoms with E-state index in [1.807, 2.05) is 34.9 Å². The summed E-state index contributed by atoms with van der Waals surface area (Å²) in [5.74, 6) is -0.527. The van der Waals surface area contributed by atoms with Crippen molar-refractivity contribution in [2.45, 2.75) is 44.4 Å². The zero-order valence-corrected chi connectivity index (χ0v) is 18.0. The van der Waals surface area contributed by atoms with Crippen LogP contribution in [0.3, 0.4) is 0 Å². The fraction of sp³-hybridized carbons (Fsp3) is 0.458. The van der Waals surface area contributed by atoms with Crippen molar-refractivity contribution in [1.29, 1.82) is 5.26 Å². The number of nitrogens with zero attached hydrogens (tertiary/aromatic N) is 2. The molecular weight excluding hydrogens is 408 g/mol. The molecule has 2 unspecified atom stereocenters. The largest absolute Gasteiger partial charge is 0.376 e. The molecule has 0 radical (unpaired) electrons. The molecular formula is C24H28N4O4. The van der Waals surface area contributed by atoms with E-state index in [0.717, 1.165) is 48.8 Å². The van der Waals surface area contributed by atoms with E-state index in [-0.39, 0.29) is 30.2 Å². The maximum atomic E-state index is 12.5. The molecule has 2 aliphatic rings. The number of ether oxygens (including phenoxy) is 2. The molecule has 0 aliphatic carbocycles. The van der Waals surface area contributed by atoms with E-state index in [1.54, 1.807) is 12.3 Å². The number of hydrogen-bond acceptors (Lipinski definition) is 5. The average molecular weight is 437 g/mol. The van der Waals surface area contributed by atoms with Crippen LogP contribution in [0, 0.1) is 11.3 Å². The molecule has 2 amide bonds. The van der Waals surface area contributed by atoms with Gasteiger partial charge in [0.05, 0.1) is 12.2 Å². The minimum Gasteiger partial charge on any atom is -0.376 e. The summed E-state index contributed by atoms with van der Waals surface area (Å²) in [5, 5.41) is 16.1. The molecule has 32 heavy (non-hydrogen) atoms. The maximum absolute atomic E-state index is 12.5. The molecule has 8 nitrogen and oxygen atoms in total. The van der Waals surface area contributed by atoms with Gasteiger partial charge in [-0.1, -0.05) is 18.2 Å². The first kappa shape index (κ1) is 22.1. The van der Waals surface area contributed by atoms with Gasteiger partial charge >= 0.3 is 0 Å². The second-order valence-corrected chi connectivity index (χ2v) is 8.18. The van der Waals surface area contributed by atoms with Crippen LogP contribution in [-0.2, 0) is 25.6 Å². The average Bonchev–Trinajstić information content (AvgIpc) is 3.57. The Morgan fingerprint density at radius 2 is 1.78 bits per heavy atom. The lowest BCUT2D eigenvalue weighted by Crippen LogP contribution is -2.34. The zero-order chi connectivity index (χ0) is 22.3. The predicted molar refractivity (Wildman–Crippen MR) is 119 cm³/mol. The highest BCUT2D eigenvalue weighted by Gasteiger charge is 2.19. The number of carbonyl (C=O) groups is 2. The van der Waals surface area contributed by atoms with E-state index >= 15 is 0 Å². The highest BCUT2D eigenvalue weighted by molar-refractivity contribution is 6.04. The molecule has 0 saturated carbocycles. The lowest BCUT2D eigenvalue weighted by atomic mass is 10.1. The lowest BCUT2D eigenvalue weighted by Gasteiger charge is -2.11. The van der Waals surface area contributed by atoms with E-state index in [0.29, 0.717) is 19.7 Å². The Labute approximate surface area is 187 Å². The number of amides is 2. The highest BCUT2D eigenvalue weighted by Crippen LogP contribution is 2.24. The molecule has 3 heterocycles. The Morgan fingerprint density at radius 3 is 2.44 bits per heavy atom. The van der Waals surface area contributed by atoms with Crippen LogP contribution >= 0.6 is 0 Å².